The van der Waals surface area contributed by atoms with Crippen LogP contribution in [0.1, 0.15) is 13.3 Å². The van der Waals surface area contributed by atoms with Crippen molar-refractivity contribution in [1.29, 1.82) is 0 Å². The van der Waals surface area contributed by atoms with Crippen LogP contribution in [0.4, 0.5) is 0 Å². The second kappa shape index (κ2) is 3.95. The molecule has 3 nitrogen and oxygen atoms in total. The third kappa shape index (κ3) is 2.74. The fourth-order valence-electron chi connectivity index (χ4n) is 0.412. The Labute approximate surface area is 54.9 Å². The zero-order valence-corrected chi connectivity index (χ0v) is 5.76. The third-order valence-corrected chi connectivity index (χ3v) is 0.901. The van der Waals surface area contributed by atoms with Gasteiger partial charge >= 0.3 is 0 Å². The maximum atomic E-state index is 8.92. The Kier molecular flexibility index (Phi) is 3.51. The molecule has 0 unspecified atom stereocenters. The first-order valence-corrected chi connectivity index (χ1v) is 2.84. The Hall–Kier alpha value is -0.990. The molecule has 9 heavy (non-hydrogen) atoms. The van der Waals surface area contributed by atoms with Gasteiger partial charge < -0.3 is 10.8 Å². The van der Waals surface area contributed by atoms with Gasteiger partial charge in [0, 0.05) is 7.05 Å². The molecule has 3 N–H and O–H groups in total. The first-order valence-electron chi connectivity index (χ1n) is 2.84. The quantitative estimate of drug-likeness (QED) is 0.328. The van der Waals surface area contributed by atoms with Crippen LogP contribution >= 0.6 is 0 Å². The molecule has 0 fully saturated rings. The van der Waals surface area contributed by atoms with Gasteiger partial charge in [0.05, 0.1) is 0 Å². The van der Waals surface area contributed by atoms with Crippen molar-refractivity contribution in [3.05, 3.63) is 11.8 Å². The smallest absolute Gasteiger partial charge is 0.160 e. The van der Waals surface area contributed by atoms with Crippen molar-refractivity contribution in [2.45, 2.75) is 13.3 Å². The predicted octanol–water partition coefficient (Wildman–Crippen LogP) is 0.825. The highest BCUT2D eigenvalue weighted by atomic mass is 16.3. The van der Waals surface area contributed by atoms with Gasteiger partial charge in [-0.2, -0.15) is 0 Å². The van der Waals surface area contributed by atoms with Gasteiger partial charge in [-0.05, 0) is 12.5 Å². The zero-order valence-electron chi connectivity index (χ0n) is 5.76. The second-order valence-corrected chi connectivity index (χ2v) is 1.61. The Balaban J connectivity index is 4.03. The van der Waals surface area contributed by atoms with Gasteiger partial charge in [-0.15, -0.1) is 0 Å². The Morgan fingerprint density at radius 1 is 1.78 bits per heavy atom. The average molecular weight is 128 g/mol. The van der Waals surface area contributed by atoms with Gasteiger partial charge in [0.25, 0.3) is 0 Å². The summed E-state index contributed by atoms with van der Waals surface area (Å²) in [7, 11) is 1.54. The van der Waals surface area contributed by atoms with Crippen molar-refractivity contribution >= 4 is 5.84 Å². The predicted molar refractivity (Wildman–Crippen MR) is 38.5 cm³/mol. The molecule has 52 valence electrons. The summed E-state index contributed by atoms with van der Waals surface area (Å²) in [6.07, 6.45) is 2.38. The van der Waals surface area contributed by atoms with Gasteiger partial charge in [0.2, 0.25) is 0 Å². The lowest BCUT2D eigenvalue weighted by Crippen LogP contribution is -2.13. The minimum atomic E-state index is 0.0694. The van der Waals surface area contributed by atoms with E-state index in [4.69, 9.17) is 10.8 Å². The van der Waals surface area contributed by atoms with Gasteiger partial charge in [-0.25, -0.2) is 0 Å². The van der Waals surface area contributed by atoms with E-state index in [0.29, 0.717) is 0 Å². The Bertz CT molecular complexity index is 138. The maximum absolute atomic E-state index is 8.92. The lowest BCUT2D eigenvalue weighted by Gasteiger charge is -1.94. The lowest BCUT2D eigenvalue weighted by atomic mass is 10.3. The summed E-state index contributed by atoms with van der Waals surface area (Å²) >= 11 is 0. The van der Waals surface area contributed by atoms with E-state index in [9.17, 15) is 0 Å². The van der Waals surface area contributed by atoms with Crippen LogP contribution in [0.2, 0.25) is 0 Å². The molecule has 0 aromatic heterocycles. The minimum Gasteiger partial charge on any atom is -0.504 e. The van der Waals surface area contributed by atoms with Crippen LogP contribution in [0.5, 0.6) is 0 Å². The highest BCUT2D eigenvalue weighted by molar-refractivity contribution is 5.94. The van der Waals surface area contributed by atoms with E-state index in [1.54, 1.807) is 6.08 Å². The molecular weight excluding hydrogens is 116 g/mol. The van der Waals surface area contributed by atoms with E-state index in [1.165, 1.54) is 7.05 Å². The number of amidine groups is 1. The van der Waals surface area contributed by atoms with Crippen molar-refractivity contribution in [1.82, 2.24) is 0 Å². The van der Waals surface area contributed by atoms with E-state index in [-0.39, 0.29) is 11.6 Å². The number of hydrogen-bond acceptors (Lipinski definition) is 2. The van der Waals surface area contributed by atoms with Crippen molar-refractivity contribution < 1.29 is 5.11 Å². The summed E-state index contributed by atoms with van der Waals surface area (Å²) in [6, 6.07) is 0. The molecule has 0 aliphatic rings. The molecule has 0 aliphatic heterocycles. The molecule has 0 aromatic carbocycles. The number of nitrogens with zero attached hydrogens (tertiary/aromatic N) is 1. The van der Waals surface area contributed by atoms with Crippen LogP contribution in [0.3, 0.4) is 0 Å². The molecule has 0 saturated heterocycles. The molecule has 0 amide bonds. The van der Waals surface area contributed by atoms with Crippen molar-refractivity contribution in [2.75, 3.05) is 7.05 Å². The fourth-order valence-corrected chi connectivity index (χ4v) is 0.412. The van der Waals surface area contributed by atoms with E-state index < -0.39 is 0 Å². The summed E-state index contributed by atoms with van der Waals surface area (Å²) in [6.45, 7) is 1.92. The monoisotopic (exact) mass is 128 g/mol. The largest absolute Gasteiger partial charge is 0.504 e. The molecule has 0 saturated carbocycles. The topological polar surface area (TPSA) is 58.6 Å². The molecule has 0 bridgehead atoms. The summed E-state index contributed by atoms with van der Waals surface area (Å²) < 4.78 is 0. The molecule has 3 heteroatoms. The minimum absolute atomic E-state index is 0.0694. The third-order valence-electron chi connectivity index (χ3n) is 0.901. The van der Waals surface area contributed by atoms with Crippen LogP contribution in [0.15, 0.2) is 16.8 Å². The standard InChI is InChI=1S/C6H12N2O/c1-3-4-5(9)6(7)8-2/h4,9H,3H2,1-2H3,(H2,7,8)/b5-4+. The van der Waals surface area contributed by atoms with E-state index in [0.717, 1.165) is 6.42 Å². The van der Waals surface area contributed by atoms with Gasteiger partial charge in [0.15, 0.2) is 11.6 Å². The Morgan fingerprint density at radius 2 is 2.33 bits per heavy atom. The number of allylic oxidation sites excluding steroid dienone is 1. The van der Waals surface area contributed by atoms with E-state index in [2.05, 4.69) is 4.99 Å². The number of hydrogen-bond donors (Lipinski definition) is 2. The lowest BCUT2D eigenvalue weighted by molar-refractivity contribution is 0.439. The summed E-state index contributed by atoms with van der Waals surface area (Å²) in [5.41, 5.74) is 5.23. The maximum Gasteiger partial charge on any atom is 0.160 e. The molecule has 0 spiro atoms. The normalized spacial score (nSPS) is 14.0. The molecule has 0 heterocycles. The van der Waals surface area contributed by atoms with E-state index >= 15 is 0 Å². The van der Waals surface area contributed by atoms with Gasteiger partial charge in [-0.3, -0.25) is 4.99 Å². The molecule has 0 atom stereocenters. The van der Waals surface area contributed by atoms with Crippen molar-refractivity contribution in [2.24, 2.45) is 10.7 Å². The summed E-state index contributed by atoms with van der Waals surface area (Å²) in [5, 5.41) is 8.92. The average Bonchev–Trinajstić information content (AvgIpc) is 1.87. The molecule has 0 aliphatic carbocycles. The van der Waals surface area contributed by atoms with Gasteiger partial charge in [-0.1, -0.05) is 6.92 Å². The number of aliphatic hydroxyl groups excluding tert-OH is 1. The van der Waals surface area contributed by atoms with Crippen LogP contribution < -0.4 is 5.73 Å². The molecule has 0 rings (SSSR count). The van der Waals surface area contributed by atoms with Crippen molar-refractivity contribution in [3.63, 3.8) is 0 Å². The van der Waals surface area contributed by atoms with Gasteiger partial charge in [0.1, 0.15) is 0 Å². The fraction of sp³-hybridized carbons (Fsp3) is 0.500. The highest BCUT2D eigenvalue weighted by Gasteiger charge is 1.93. The van der Waals surface area contributed by atoms with Crippen LogP contribution in [0.25, 0.3) is 0 Å². The van der Waals surface area contributed by atoms with Crippen LogP contribution in [-0.4, -0.2) is 18.0 Å². The second-order valence-electron chi connectivity index (χ2n) is 1.61. The zero-order chi connectivity index (χ0) is 7.28. The number of aliphatic hydroxyl groups is 1. The summed E-state index contributed by atoms with van der Waals surface area (Å²) in [4.78, 5) is 3.58. The molecule has 0 aromatic rings. The van der Waals surface area contributed by atoms with Crippen molar-refractivity contribution in [3.8, 4) is 0 Å². The Morgan fingerprint density at radius 3 is 2.67 bits per heavy atom. The summed E-state index contributed by atoms with van der Waals surface area (Å²) in [5.74, 6) is 0.261. The number of nitrogens with two attached hydrogens (primary N) is 1. The number of rotatable bonds is 2. The first-order chi connectivity index (χ1) is 4.22. The molecule has 0 radical (unpaired) electrons. The van der Waals surface area contributed by atoms with E-state index in [1.807, 2.05) is 6.92 Å². The number of aliphatic imine (C=N–C) groups is 1. The van der Waals surface area contributed by atoms with Crippen LogP contribution in [-0.2, 0) is 0 Å². The SMILES string of the molecule is CC/C=C(/O)C(N)=NC. The highest BCUT2D eigenvalue weighted by Crippen LogP contribution is 1.89. The molecular formula is C6H12N2O. The van der Waals surface area contributed by atoms with Crippen LogP contribution in [0, 0.1) is 0 Å². The first kappa shape index (κ1) is 8.01.